The number of alkyl halides is 3. The van der Waals surface area contributed by atoms with Crippen LogP contribution in [0.4, 0.5) is 13.2 Å². The number of benzene rings is 1. The molecule has 0 aliphatic heterocycles. The van der Waals surface area contributed by atoms with E-state index in [0.717, 1.165) is 12.1 Å². The van der Waals surface area contributed by atoms with Gasteiger partial charge in [0.1, 0.15) is 0 Å². The van der Waals surface area contributed by atoms with Crippen molar-refractivity contribution in [3.63, 3.8) is 0 Å². The molecule has 0 saturated heterocycles. The highest BCUT2D eigenvalue weighted by molar-refractivity contribution is 7.71. The van der Waals surface area contributed by atoms with Gasteiger partial charge in [0.05, 0.1) is 11.3 Å². The van der Waals surface area contributed by atoms with Crippen LogP contribution in [0, 0.1) is 4.77 Å². The van der Waals surface area contributed by atoms with Crippen molar-refractivity contribution in [1.29, 1.82) is 0 Å². The standard InChI is InChI=1S/C10H7F3N2S/c11-10(12,13)7-3-1-6(2-4-7)8-5-14-9(16)15-8/h1-5H,(H2,14,15,16). The van der Waals surface area contributed by atoms with E-state index in [1.54, 1.807) is 6.20 Å². The van der Waals surface area contributed by atoms with Gasteiger partial charge in [0.25, 0.3) is 0 Å². The summed E-state index contributed by atoms with van der Waals surface area (Å²) in [5, 5.41) is 0. The van der Waals surface area contributed by atoms with Crippen molar-refractivity contribution in [3.8, 4) is 11.3 Å². The Morgan fingerprint density at radius 3 is 2.12 bits per heavy atom. The molecular weight excluding hydrogens is 237 g/mol. The molecule has 0 radical (unpaired) electrons. The van der Waals surface area contributed by atoms with E-state index in [1.807, 2.05) is 0 Å². The molecule has 2 aromatic rings. The second-order valence-corrected chi connectivity index (χ2v) is 3.64. The summed E-state index contributed by atoms with van der Waals surface area (Å²) in [6, 6.07) is 4.88. The second kappa shape index (κ2) is 3.79. The first-order chi connectivity index (χ1) is 7.47. The van der Waals surface area contributed by atoms with Gasteiger partial charge in [-0.15, -0.1) is 0 Å². The van der Waals surface area contributed by atoms with Crippen LogP contribution in [0.25, 0.3) is 11.3 Å². The Balaban J connectivity index is 2.36. The Labute approximate surface area is 94.1 Å². The number of nitrogens with one attached hydrogen (secondary N) is 2. The molecule has 2 nitrogen and oxygen atoms in total. The average Bonchev–Trinajstić information content (AvgIpc) is 2.64. The Hall–Kier alpha value is -1.56. The minimum Gasteiger partial charge on any atom is -0.337 e. The molecule has 0 fully saturated rings. The molecule has 1 aromatic heterocycles. The minimum atomic E-state index is -4.30. The molecule has 0 amide bonds. The molecule has 2 rings (SSSR count). The maximum atomic E-state index is 12.3. The van der Waals surface area contributed by atoms with Crippen LogP contribution >= 0.6 is 12.2 Å². The number of imidazole rings is 1. The lowest BCUT2D eigenvalue weighted by atomic mass is 10.1. The van der Waals surface area contributed by atoms with E-state index in [1.165, 1.54) is 12.1 Å². The predicted octanol–water partition coefficient (Wildman–Crippen LogP) is 3.76. The first-order valence-electron chi connectivity index (χ1n) is 4.42. The van der Waals surface area contributed by atoms with E-state index in [9.17, 15) is 13.2 Å². The molecular formula is C10H7F3N2S. The SMILES string of the molecule is FC(F)(F)c1ccc(-c2c[nH]c(=S)[nH]2)cc1. The summed E-state index contributed by atoms with van der Waals surface area (Å²) < 4.78 is 37.3. The van der Waals surface area contributed by atoms with Crippen molar-refractivity contribution >= 4 is 12.2 Å². The Morgan fingerprint density at radius 2 is 1.69 bits per heavy atom. The van der Waals surface area contributed by atoms with Crippen molar-refractivity contribution in [2.24, 2.45) is 0 Å². The van der Waals surface area contributed by atoms with Gasteiger partial charge in [0.2, 0.25) is 0 Å². The summed E-state index contributed by atoms with van der Waals surface area (Å²) in [7, 11) is 0. The van der Waals surface area contributed by atoms with Gasteiger partial charge in [-0.05, 0) is 29.9 Å². The molecule has 0 unspecified atom stereocenters. The zero-order chi connectivity index (χ0) is 11.8. The highest BCUT2D eigenvalue weighted by atomic mass is 32.1. The molecule has 84 valence electrons. The summed E-state index contributed by atoms with van der Waals surface area (Å²) >= 11 is 4.83. The molecule has 0 bridgehead atoms. The van der Waals surface area contributed by atoms with Gasteiger partial charge >= 0.3 is 6.18 Å². The third-order valence-corrected chi connectivity index (χ3v) is 2.34. The molecule has 6 heteroatoms. The predicted molar refractivity (Wildman–Crippen MR) is 56.4 cm³/mol. The Morgan fingerprint density at radius 1 is 1.06 bits per heavy atom. The number of hydrogen-bond acceptors (Lipinski definition) is 1. The van der Waals surface area contributed by atoms with Gasteiger partial charge in [0, 0.05) is 6.20 Å². The smallest absolute Gasteiger partial charge is 0.337 e. The van der Waals surface area contributed by atoms with Crippen LogP contribution in [-0.2, 0) is 6.18 Å². The fourth-order valence-corrected chi connectivity index (χ4v) is 1.50. The van der Waals surface area contributed by atoms with E-state index in [4.69, 9.17) is 12.2 Å². The van der Waals surface area contributed by atoms with Crippen molar-refractivity contribution in [3.05, 3.63) is 40.8 Å². The van der Waals surface area contributed by atoms with Crippen LogP contribution in [-0.4, -0.2) is 9.97 Å². The van der Waals surface area contributed by atoms with Crippen molar-refractivity contribution in [1.82, 2.24) is 9.97 Å². The van der Waals surface area contributed by atoms with Crippen molar-refractivity contribution < 1.29 is 13.2 Å². The molecule has 16 heavy (non-hydrogen) atoms. The van der Waals surface area contributed by atoms with Crippen molar-refractivity contribution in [2.45, 2.75) is 6.18 Å². The van der Waals surface area contributed by atoms with Crippen LogP contribution in [0.5, 0.6) is 0 Å². The van der Waals surface area contributed by atoms with Crippen LogP contribution in [0.2, 0.25) is 0 Å². The van der Waals surface area contributed by atoms with Crippen molar-refractivity contribution in [2.75, 3.05) is 0 Å². The van der Waals surface area contributed by atoms with E-state index in [-0.39, 0.29) is 0 Å². The third kappa shape index (κ3) is 2.16. The quantitative estimate of drug-likeness (QED) is 0.735. The third-order valence-electron chi connectivity index (χ3n) is 2.12. The molecule has 1 heterocycles. The highest BCUT2D eigenvalue weighted by Crippen LogP contribution is 2.30. The molecule has 2 N–H and O–H groups in total. The maximum absolute atomic E-state index is 12.3. The molecule has 0 aliphatic carbocycles. The summed E-state index contributed by atoms with van der Waals surface area (Å²) in [6.45, 7) is 0. The topological polar surface area (TPSA) is 31.6 Å². The van der Waals surface area contributed by atoms with E-state index >= 15 is 0 Å². The van der Waals surface area contributed by atoms with Crippen LogP contribution in [0.15, 0.2) is 30.5 Å². The zero-order valence-corrected chi connectivity index (χ0v) is 8.75. The molecule has 0 spiro atoms. The van der Waals surface area contributed by atoms with E-state index in [2.05, 4.69) is 9.97 Å². The van der Waals surface area contributed by atoms with Crippen LogP contribution < -0.4 is 0 Å². The summed E-state index contributed by atoms with van der Waals surface area (Å²) in [5.41, 5.74) is 0.657. The zero-order valence-electron chi connectivity index (χ0n) is 7.93. The lowest BCUT2D eigenvalue weighted by Crippen LogP contribution is -2.03. The van der Waals surface area contributed by atoms with Gasteiger partial charge in [-0.2, -0.15) is 13.2 Å². The summed E-state index contributed by atoms with van der Waals surface area (Å²) in [6.07, 6.45) is -2.69. The van der Waals surface area contributed by atoms with Gasteiger partial charge in [-0.1, -0.05) is 12.1 Å². The van der Waals surface area contributed by atoms with Crippen LogP contribution in [0.1, 0.15) is 5.56 Å². The number of aromatic amines is 2. The van der Waals surface area contributed by atoms with Gasteiger partial charge in [-0.3, -0.25) is 0 Å². The monoisotopic (exact) mass is 244 g/mol. The first kappa shape index (κ1) is 10.9. The molecule has 0 atom stereocenters. The number of halogens is 3. The van der Waals surface area contributed by atoms with Crippen LogP contribution in [0.3, 0.4) is 0 Å². The Bertz CT molecular complexity index is 536. The molecule has 0 saturated carbocycles. The number of rotatable bonds is 1. The summed E-state index contributed by atoms with van der Waals surface area (Å²) in [5.74, 6) is 0. The van der Waals surface area contributed by atoms with E-state index in [0.29, 0.717) is 16.0 Å². The van der Waals surface area contributed by atoms with Gasteiger partial charge < -0.3 is 9.97 Å². The number of hydrogen-bond donors (Lipinski definition) is 2. The maximum Gasteiger partial charge on any atom is 0.416 e. The lowest BCUT2D eigenvalue weighted by molar-refractivity contribution is -0.137. The minimum absolute atomic E-state index is 0.440. The normalized spacial score (nSPS) is 11.7. The first-order valence-corrected chi connectivity index (χ1v) is 4.83. The lowest BCUT2D eigenvalue weighted by Gasteiger charge is -2.06. The Kier molecular flexibility index (Phi) is 2.59. The second-order valence-electron chi connectivity index (χ2n) is 3.23. The largest absolute Gasteiger partial charge is 0.416 e. The fourth-order valence-electron chi connectivity index (χ4n) is 1.33. The average molecular weight is 244 g/mol. The number of H-pyrrole nitrogens is 2. The van der Waals surface area contributed by atoms with Gasteiger partial charge in [0.15, 0.2) is 4.77 Å². The molecule has 1 aromatic carbocycles. The van der Waals surface area contributed by atoms with Gasteiger partial charge in [-0.25, -0.2) is 0 Å². The highest BCUT2D eigenvalue weighted by Gasteiger charge is 2.29. The molecule has 0 aliphatic rings. The fraction of sp³-hybridized carbons (Fsp3) is 0.100. The van der Waals surface area contributed by atoms with E-state index < -0.39 is 11.7 Å². The summed E-state index contributed by atoms with van der Waals surface area (Å²) in [4.78, 5) is 5.58. The number of aromatic nitrogens is 2.